The van der Waals surface area contributed by atoms with Crippen LogP contribution in [0.1, 0.15) is 26.2 Å². The monoisotopic (exact) mass is 226 g/mol. The van der Waals surface area contributed by atoms with Gasteiger partial charge in [-0.1, -0.05) is 0 Å². The summed E-state index contributed by atoms with van der Waals surface area (Å²) >= 11 is 0. The Morgan fingerprint density at radius 2 is 2.00 bits per heavy atom. The molecule has 1 atom stereocenters. The molecule has 1 saturated carbocycles. The fourth-order valence-electron chi connectivity index (χ4n) is 2.54. The lowest BCUT2D eigenvalue weighted by molar-refractivity contribution is -0.138. The third-order valence-electron chi connectivity index (χ3n) is 3.30. The second kappa shape index (κ2) is 4.41. The molecule has 1 saturated heterocycles. The van der Waals surface area contributed by atoms with E-state index in [-0.39, 0.29) is 18.5 Å². The number of hydrogen-bond acceptors (Lipinski definition) is 3. The van der Waals surface area contributed by atoms with Gasteiger partial charge in [-0.2, -0.15) is 0 Å². The van der Waals surface area contributed by atoms with Gasteiger partial charge in [0.2, 0.25) is 5.91 Å². The molecule has 5 nitrogen and oxygen atoms in total. The van der Waals surface area contributed by atoms with Crippen molar-refractivity contribution in [1.29, 1.82) is 0 Å². The van der Waals surface area contributed by atoms with Crippen LogP contribution in [0, 0.1) is 0 Å². The predicted molar refractivity (Wildman–Crippen MR) is 58.0 cm³/mol. The van der Waals surface area contributed by atoms with Crippen molar-refractivity contribution < 1.29 is 14.7 Å². The summed E-state index contributed by atoms with van der Waals surface area (Å²) < 4.78 is 0. The first-order valence-corrected chi connectivity index (χ1v) is 5.81. The molecule has 0 aromatic rings. The van der Waals surface area contributed by atoms with E-state index in [0.29, 0.717) is 12.6 Å². The Balaban J connectivity index is 1.90. The highest BCUT2D eigenvalue weighted by Gasteiger charge is 2.38. The van der Waals surface area contributed by atoms with Gasteiger partial charge in [-0.3, -0.25) is 14.5 Å². The van der Waals surface area contributed by atoms with Gasteiger partial charge in [-0.25, -0.2) is 0 Å². The van der Waals surface area contributed by atoms with E-state index in [0.717, 1.165) is 25.8 Å². The average Bonchev–Trinajstić information content (AvgIpc) is 2.87. The van der Waals surface area contributed by atoms with Crippen molar-refractivity contribution >= 4 is 11.9 Å². The average molecular weight is 226 g/mol. The topological polar surface area (TPSA) is 60.9 Å². The van der Waals surface area contributed by atoms with Crippen molar-refractivity contribution in [3.8, 4) is 0 Å². The van der Waals surface area contributed by atoms with Crippen LogP contribution >= 0.6 is 0 Å². The number of amides is 1. The molecule has 0 aromatic heterocycles. The fraction of sp³-hybridized carbons (Fsp3) is 0.818. The second-order valence-corrected chi connectivity index (χ2v) is 4.73. The zero-order valence-corrected chi connectivity index (χ0v) is 9.56. The van der Waals surface area contributed by atoms with Crippen LogP contribution in [0.25, 0.3) is 0 Å². The van der Waals surface area contributed by atoms with Gasteiger partial charge in [0.25, 0.3) is 0 Å². The number of hydrogen-bond donors (Lipinski definition) is 1. The zero-order chi connectivity index (χ0) is 11.7. The van der Waals surface area contributed by atoms with Crippen LogP contribution in [0.2, 0.25) is 0 Å². The minimum atomic E-state index is -0.790. The van der Waals surface area contributed by atoms with Crippen LogP contribution in [0.3, 0.4) is 0 Å². The Kier molecular flexibility index (Phi) is 3.14. The van der Waals surface area contributed by atoms with E-state index >= 15 is 0 Å². The molecular formula is C11H18N2O3. The van der Waals surface area contributed by atoms with Crippen LogP contribution in [0.5, 0.6) is 0 Å². The number of likely N-dealkylation sites (tertiary alicyclic amines) is 1. The van der Waals surface area contributed by atoms with Gasteiger partial charge in [0, 0.05) is 32.1 Å². The van der Waals surface area contributed by atoms with Gasteiger partial charge in [0.05, 0.1) is 6.54 Å². The van der Waals surface area contributed by atoms with Crippen LogP contribution < -0.4 is 0 Å². The summed E-state index contributed by atoms with van der Waals surface area (Å²) in [5.74, 6) is -0.661. The molecule has 0 aromatic carbocycles. The summed E-state index contributed by atoms with van der Waals surface area (Å²) in [6.07, 6.45) is 3.12. The Morgan fingerprint density at radius 3 is 2.50 bits per heavy atom. The maximum Gasteiger partial charge on any atom is 0.317 e. The highest BCUT2D eigenvalue weighted by Crippen LogP contribution is 2.31. The van der Waals surface area contributed by atoms with E-state index in [1.54, 1.807) is 6.92 Å². The SMILES string of the molecule is CC(=O)N(C1CC1)[C@@H]1CCN(CC(=O)O)C1. The third-order valence-corrected chi connectivity index (χ3v) is 3.30. The molecule has 1 aliphatic heterocycles. The molecule has 2 fully saturated rings. The normalized spacial score (nSPS) is 25.7. The lowest BCUT2D eigenvalue weighted by Crippen LogP contribution is -2.42. The number of carboxylic acid groups (broad SMARTS) is 1. The van der Waals surface area contributed by atoms with Crippen LogP contribution in [0.4, 0.5) is 0 Å². The number of carbonyl (C=O) groups is 2. The quantitative estimate of drug-likeness (QED) is 0.741. The van der Waals surface area contributed by atoms with Crippen LogP contribution in [-0.4, -0.2) is 58.5 Å². The lowest BCUT2D eigenvalue weighted by Gasteiger charge is -2.28. The van der Waals surface area contributed by atoms with Crippen molar-refractivity contribution in [2.75, 3.05) is 19.6 Å². The summed E-state index contributed by atoms with van der Waals surface area (Å²) in [5.41, 5.74) is 0. The Bertz CT molecular complexity index is 302. The van der Waals surface area contributed by atoms with Crippen LogP contribution in [-0.2, 0) is 9.59 Å². The van der Waals surface area contributed by atoms with E-state index in [2.05, 4.69) is 0 Å². The standard InChI is InChI=1S/C11H18N2O3/c1-8(14)13(9-2-3-9)10-4-5-12(6-10)7-11(15)16/h9-10H,2-7H2,1H3,(H,15,16)/t10-/m1/s1. The molecular weight excluding hydrogens is 208 g/mol. The molecule has 90 valence electrons. The first-order chi connectivity index (χ1) is 7.58. The Hall–Kier alpha value is -1.10. The summed E-state index contributed by atoms with van der Waals surface area (Å²) in [6, 6.07) is 0.650. The lowest BCUT2D eigenvalue weighted by atomic mass is 10.2. The molecule has 2 aliphatic rings. The van der Waals surface area contributed by atoms with E-state index in [1.807, 2.05) is 9.80 Å². The molecule has 1 aliphatic carbocycles. The number of nitrogens with zero attached hydrogens (tertiary/aromatic N) is 2. The Labute approximate surface area is 95.0 Å². The Morgan fingerprint density at radius 1 is 1.31 bits per heavy atom. The van der Waals surface area contributed by atoms with Crippen molar-refractivity contribution in [1.82, 2.24) is 9.80 Å². The highest BCUT2D eigenvalue weighted by atomic mass is 16.4. The summed E-state index contributed by atoms with van der Waals surface area (Å²) in [4.78, 5) is 26.0. The molecule has 0 spiro atoms. The van der Waals surface area contributed by atoms with Gasteiger partial charge in [0.15, 0.2) is 0 Å². The maximum atomic E-state index is 11.5. The van der Waals surface area contributed by atoms with Crippen molar-refractivity contribution in [2.24, 2.45) is 0 Å². The molecule has 1 N–H and O–H groups in total. The van der Waals surface area contributed by atoms with E-state index in [9.17, 15) is 9.59 Å². The molecule has 0 bridgehead atoms. The predicted octanol–water partition coefficient (Wildman–Crippen LogP) is 0.156. The number of carboxylic acids is 1. The smallest absolute Gasteiger partial charge is 0.317 e. The van der Waals surface area contributed by atoms with Gasteiger partial charge in [-0.15, -0.1) is 0 Å². The fourth-order valence-corrected chi connectivity index (χ4v) is 2.54. The van der Waals surface area contributed by atoms with Crippen molar-refractivity contribution in [3.63, 3.8) is 0 Å². The largest absolute Gasteiger partial charge is 0.480 e. The highest BCUT2D eigenvalue weighted by molar-refractivity contribution is 5.74. The van der Waals surface area contributed by atoms with Gasteiger partial charge in [-0.05, 0) is 19.3 Å². The minimum absolute atomic E-state index is 0.0902. The molecule has 16 heavy (non-hydrogen) atoms. The summed E-state index contributed by atoms with van der Waals surface area (Å²) in [5, 5.41) is 8.71. The van der Waals surface area contributed by atoms with Crippen LogP contribution in [0.15, 0.2) is 0 Å². The molecule has 1 amide bonds. The van der Waals surface area contributed by atoms with Gasteiger partial charge in [0.1, 0.15) is 0 Å². The first-order valence-electron chi connectivity index (χ1n) is 5.81. The van der Waals surface area contributed by atoms with E-state index in [1.165, 1.54) is 0 Å². The minimum Gasteiger partial charge on any atom is -0.480 e. The van der Waals surface area contributed by atoms with Gasteiger partial charge >= 0.3 is 5.97 Å². The molecule has 0 unspecified atom stereocenters. The number of aliphatic carboxylic acids is 1. The molecule has 0 radical (unpaired) electrons. The van der Waals surface area contributed by atoms with Gasteiger partial charge < -0.3 is 10.0 Å². The number of carbonyl (C=O) groups excluding carboxylic acids is 1. The summed E-state index contributed by atoms with van der Waals surface area (Å²) in [7, 11) is 0. The second-order valence-electron chi connectivity index (χ2n) is 4.73. The maximum absolute atomic E-state index is 11.5. The molecule has 2 rings (SSSR count). The number of rotatable bonds is 4. The zero-order valence-electron chi connectivity index (χ0n) is 9.56. The summed E-state index contributed by atoms with van der Waals surface area (Å²) in [6.45, 7) is 3.20. The van der Waals surface area contributed by atoms with E-state index < -0.39 is 5.97 Å². The van der Waals surface area contributed by atoms with Crippen molar-refractivity contribution in [3.05, 3.63) is 0 Å². The van der Waals surface area contributed by atoms with Crippen molar-refractivity contribution in [2.45, 2.75) is 38.3 Å². The molecule has 5 heteroatoms. The van der Waals surface area contributed by atoms with E-state index in [4.69, 9.17) is 5.11 Å². The molecule has 1 heterocycles. The third kappa shape index (κ3) is 2.52. The first kappa shape index (κ1) is 11.4.